The van der Waals surface area contributed by atoms with Crippen molar-refractivity contribution in [2.45, 2.75) is 88.7 Å². The third-order valence-corrected chi connectivity index (χ3v) is 8.48. The summed E-state index contributed by atoms with van der Waals surface area (Å²) < 4.78 is 14.1. The van der Waals surface area contributed by atoms with Gasteiger partial charge in [0.15, 0.2) is 11.5 Å². The molecule has 2 aliphatic carbocycles. The second-order valence-electron chi connectivity index (χ2n) is 11.4. The smallest absolute Gasteiger partial charge is 0.319 e. The number of aromatic nitrogens is 4. The number of nitrogens with one attached hydrogen (secondary N) is 2. The Hall–Kier alpha value is -3.24. The van der Waals surface area contributed by atoms with Crippen molar-refractivity contribution in [1.82, 2.24) is 25.1 Å². The minimum Gasteiger partial charge on any atom is -0.379 e. The van der Waals surface area contributed by atoms with Crippen molar-refractivity contribution in [3.63, 3.8) is 0 Å². The summed E-state index contributed by atoms with van der Waals surface area (Å²) in [5.74, 6) is 1.62. The van der Waals surface area contributed by atoms with Gasteiger partial charge in [-0.3, -0.25) is 0 Å². The van der Waals surface area contributed by atoms with Crippen molar-refractivity contribution in [3.05, 3.63) is 30.5 Å². The minimum atomic E-state index is -0.157. The van der Waals surface area contributed by atoms with Crippen molar-refractivity contribution in [2.24, 2.45) is 0 Å². The van der Waals surface area contributed by atoms with Crippen LogP contribution in [0.5, 0.6) is 0 Å². The van der Waals surface area contributed by atoms with E-state index in [9.17, 15) is 4.79 Å². The molecule has 7 rings (SSSR count). The number of hydrogen-bond acceptors (Lipinski definition) is 7. The summed E-state index contributed by atoms with van der Waals surface area (Å²) in [6.07, 6.45) is 11.3. The fourth-order valence-corrected chi connectivity index (χ4v) is 6.31. The summed E-state index contributed by atoms with van der Waals surface area (Å²) in [6, 6.07) is 8.25. The third kappa shape index (κ3) is 5.19. The van der Waals surface area contributed by atoms with Gasteiger partial charge in [0.25, 0.3) is 0 Å². The number of anilines is 2. The number of ether oxygens (including phenoxy) is 2. The van der Waals surface area contributed by atoms with Crippen LogP contribution >= 0.6 is 0 Å². The van der Waals surface area contributed by atoms with Crippen LogP contribution in [0.25, 0.3) is 22.4 Å². The molecule has 0 radical (unpaired) electrons. The molecular formula is C29H37N7O3. The van der Waals surface area contributed by atoms with E-state index in [1.165, 1.54) is 0 Å². The Morgan fingerprint density at radius 3 is 2.44 bits per heavy atom. The summed E-state index contributed by atoms with van der Waals surface area (Å²) in [7, 11) is 0. The Balaban J connectivity index is 1.21. The third-order valence-electron chi connectivity index (χ3n) is 8.48. The molecule has 10 nitrogen and oxygen atoms in total. The molecule has 1 aromatic carbocycles. The first-order valence-corrected chi connectivity index (χ1v) is 14.6. The van der Waals surface area contributed by atoms with Gasteiger partial charge < -0.3 is 25.0 Å². The molecule has 2 bridgehead atoms. The van der Waals surface area contributed by atoms with Gasteiger partial charge >= 0.3 is 6.03 Å². The van der Waals surface area contributed by atoms with Gasteiger partial charge in [0, 0.05) is 37.0 Å². The topological polar surface area (TPSA) is 106 Å². The minimum absolute atomic E-state index is 0.157. The van der Waals surface area contributed by atoms with Crippen LogP contribution < -0.4 is 15.5 Å². The fraction of sp³-hybridized carbons (Fsp3) is 0.586. The monoisotopic (exact) mass is 531 g/mol. The normalized spacial score (nSPS) is 26.6. The number of benzene rings is 1. The quantitative estimate of drug-likeness (QED) is 0.457. The van der Waals surface area contributed by atoms with Gasteiger partial charge in [0.2, 0.25) is 0 Å². The average Bonchev–Trinajstić information content (AvgIpc) is 3.56. The molecule has 2 atom stereocenters. The zero-order valence-electron chi connectivity index (χ0n) is 22.5. The lowest BCUT2D eigenvalue weighted by Gasteiger charge is -2.33. The summed E-state index contributed by atoms with van der Waals surface area (Å²) >= 11 is 0. The first-order valence-electron chi connectivity index (χ1n) is 14.6. The Bertz CT molecular complexity index is 1320. The van der Waals surface area contributed by atoms with E-state index in [1.54, 1.807) is 0 Å². The van der Waals surface area contributed by atoms with Crippen molar-refractivity contribution in [3.8, 4) is 11.4 Å². The number of fused-ring (bicyclic) bond motifs is 3. The number of rotatable bonds is 7. The number of hydrogen-bond donors (Lipinski definition) is 2. The molecule has 206 valence electrons. The van der Waals surface area contributed by atoms with Crippen LogP contribution in [0, 0.1) is 0 Å². The zero-order valence-corrected chi connectivity index (χ0v) is 22.5. The van der Waals surface area contributed by atoms with Crippen molar-refractivity contribution in [1.29, 1.82) is 0 Å². The van der Waals surface area contributed by atoms with Crippen LogP contribution in [0.2, 0.25) is 0 Å². The number of nitrogens with zero attached hydrogens (tertiary/aromatic N) is 5. The second-order valence-corrected chi connectivity index (χ2v) is 11.4. The lowest BCUT2D eigenvalue weighted by Crippen LogP contribution is -2.43. The van der Waals surface area contributed by atoms with Crippen LogP contribution in [0.4, 0.5) is 16.3 Å². The maximum absolute atomic E-state index is 12.2. The number of urea groups is 1. The molecule has 2 unspecified atom stereocenters. The molecule has 2 aliphatic heterocycles. The first kappa shape index (κ1) is 24.8. The second kappa shape index (κ2) is 10.4. The molecule has 4 aliphatic rings. The number of amides is 2. The SMILES string of the molecule is CCOC1CCC(n2ncc3c(N4CC5CCC(C4)O5)nc(-c4ccc(NC(=O)NC5CC5)cc4)nc32)CC1. The van der Waals surface area contributed by atoms with Crippen LogP contribution in [0.15, 0.2) is 30.5 Å². The van der Waals surface area contributed by atoms with Crippen LogP contribution in [0.1, 0.15) is 64.3 Å². The predicted octanol–water partition coefficient (Wildman–Crippen LogP) is 4.67. The van der Waals surface area contributed by atoms with Crippen molar-refractivity contribution < 1.29 is 14.3 Å². The van der Waals surface area contributed by atoms with E-state index < -0.39 is 0 Å². The van der Waals surface area contributed by atoms with Crippen molar-refractivity contribution in [2.75, 3.05) is 29.9 Å². The maximum Gasteiger partial charge on any atom is 0.319 e. The number of morpholine rings is 1. The molecule has 3 aromatic rings. The Labute approximate surface area is 228 Å². The van der Waals surface area contributed by atoms with E-state index in [1.807, 2.05) is 30.5 Å². The molecular weight excluding hydrogens is 494 g/mol. The fourth-order valence-electron chi connectivity index (χ4n) is 6.31. The van der Waals surface area contributed by atoms with E-state index in [0.717, 1.165) is 99.2 Å². The van der Waals surface area contributed by atoms with Crippen LogP contribution in [-0.2, 0) is 9.47 Å². The maximum atomic E-state index is 12.2. The van der Waals surface area contributed by atoms with Gasteiger partial charge in [0.05, 0.1) is 35.9 Å². The lowest BCUT2D eigenvalue weighted by atomic mass is 9.93. The highest BCUT2D eigenvalue weighted by molar-refractivity contribution is 5.91. The van der Waals surface area contributed by atoms with E-state index >= 15 is 0 Å². The highest BCUT2D eigenvalue weighted by atomic mass is 16.5. The van der Waals surface area contributed by atoms with Gasteiger partial charge in [-0.15, -0.1) is 0 Å². The van der Waals surface area contributed by atoms with Gasteiger partial charge in [-0.05, 0) is 82.6 Å². The highest BCUT2D eigenvalue weighted by Gasteiger charge is 2.36. The first-order chi connectivity index (χ1) is 19.1. The molecule has 2 saturated heterocycles. The zero-order chi connectivity index (χ0) is 26.3. The number of carbonyl (C=O) groups excluding carboxylic acids is 1. The molecule has 2 aromatic heterocycles. The molecule has 2 saturated carbocycles. The lowest BCUT2D eigenvalue weighted by molar-refractivity contribution is 0.0263. The van der Waals surface area contributed by atoms with Crippen molar-refractivity contribution >= 4 is 28.6 Å². The van der Waals surface area contributed by atoms with Gasteiger partial charge in [0.1, 0.15) is 5.82 Å². The predicted molar refractivity (Wildman–Crippen MR) is 149 cm³/mol. The van der Waals surface area contributed by atoms with Gasteiger partial charge in [-0.25, -0.2) is 19.4 Å². The Morgan fingerprint density at radius 2 is 1.74 bits per heavy atom. The molecule has 0 spiro atoms. The largest absolute Gasteiger partial charge is 0.379 e. The van der Waals surface area contributed by atoms with Gasteiger partial charge in [-0.1, -0.05) is 0 Å². The number of carbonyl (C=O) groups is 1. The molecule has 2 amide bonds. The summed E-state index contributed by atoms with van der Waals surface area (Å²) in [5, 5.41) is 11.8. The van der Waals surface area contributed by atoms with E-state index in [2.05, 4.69) is 27.1 Å². The van der Waals surface area contributed by atoms with Crippen LogP contribution in [0.3, 0.4) is 0 Å². The molecule has 39 heavy (non-hydrogen) atoms. The highest BCUT2D eigenvalue weighted by Crippen LogP contribution is 2.37. The molecule has 4 fully saturated rings. The van der Waals surface area contributed by atoms with E-state index in [0.29, 0.717) is 24.0 Å². The Morgan fingerprint density at radius 1 is 1.00 bits per heavy atom. The summed E-state index contributed by atoms with van der Waals surface area (Å²) in [6.45, 7) is 4.51. The summed E-state index contributed by atoms with van der Waals surface area (Å²) in [5.41, 5.74) is 2.55. The van der Waals surface area contributed by atoms with E-state index in [-0.39, 0.29) is 18.2 Å². The molecule has 10 heteroatoms. The molecule has 2 N–H and O–H groups in total. The standard InChI is InChI=1S/C29H37N7O3/c1-2-38-22-11-9-21(10-12-22)36-28-25(15-30-36)27(35-16-23-13-14-24(17-35)39-23)33-26(34-28)18-3-5-19(6-4-18)31-29(37)32-20-7-8-20/h3-6,15,20-24H,2,7-14,16-17H2,1H3,(H2,31,32,37). The van der Waals surface area contributed by atoms with Gasteiger partial charge in [-0.2, -0.15) is 5.10 Å². The van der Waals surface area contributed by atoms with Crippen LogP contribution in [-0.4, -0.2) is 69.8 Å². The van der Waals surface area contributed by atoms with E-state index in [4.69, 9.17) is 24.5 Å². The average molecular weight is 532 g/mol. The Kier molecular flexibility index (Phi) is 6.60. The molecule has 4 heterocycles. The summed E-state index contributed by atoms with van der Waals surface area (Å²) in [4.78, 5) is 24.7.